The van der Waals surface area contributed by atoms with E-state index in [-0.39, 0.29) is 109 Å². The molecular formula is H5BiFe2Sr. The molecule has 0 aromatic rings. The van der Waals surface area contributed by atoms with Crippen molar-refractivity contribution < 1.29 is 37.0 Å². The molecule has 0 atom stereocenters. The van der Waals surface area contributed by atoms with E-state index in [0.29, 0.717) is 0 Å². The molecule has 0 spiro atoms. The molecular weight excluding hydrogens is 408 g/mol. The second kappa shape index (κ2) is 16.1. The molecule has 0 aliphatic rings. The minimum atomic E-state index is 0. The third kappa shape index (κ3) is 9.04. The Bertz CT molecular complexity index is 11.5. The molecule has 0 aliphatic heterocycles. The van der Waals surface area contributed by atoms with Gasteiger partial charge in [0.15, 0.2) is 0 Å². The SMILES string of the molecule is [BiH3].[Fe].[Fe].[H-].[H-].[Sr+2]. The van der Waals surface area contributed by atoms with Gasteiger partial charge in [-0.05, 0) is 0 Å². The minimum Gasteiger partial charge on any atom is -1.00 e. The summed E-state index contributed by atoms with van der Waals surface area (Å²) in [6.07, 6.45) is 0. The predicted molar refractivity (Wildman–Crippen MR) is 17.9 cm³/mol. The minimum absolute atomic E-state index is 0. The van der Waals surface area contributed by atoms with Crippen molar-refractivity contribution in [2.45, 2.75) is 0 Å². The Morgan fingerprint density at radius 2 is 1.00 bits per heavy atom. The molecule has 0 aromatic carbocycles. The standard InChI is InChI=1S/Bi.2Fe.Sr.5H/q;;;+2;;;;2*-1. The maximum atomic E-state index is 0. The van der Waals surface area contributed by atoms with Crippen molar-refractivity contribution in [3.05, 3.63) is 0 Å². The molecule has 0 saturated heterocycles. The third-order valence-electron chi connectivity index (χ3n) is 0. The molecule has 0 aromatic heterocycles. The van der Waals surface area contributed by atoms with Crippen LogP contribution in [0.25, 0.3) is 0 Å². The molecule has 4 heavy (non-hydrogen) atoms. The zero-order valence-electron chi connectivity index (χ0n) is 4.12. The van der Waals surface area contributed by atoms with E-state index < -0.39 is 0 Å². The molecule has 0 saturated carbocycles. The van der Waals surface area contributed by atoms with Crippen molar-refractivity contribution in [2.24, 2.45) is 0 Å². The summed E-state index contributed by atoms with van der Waals surface area (Å²) in [7, 11) is 0. The molecule has 0 amide bonds. The van der Waals surface area contributed by atoms with Gasteiger partial charge in [-0.2, -0.15) is 0 Å². The first-order valence-electron chi connectivity index (χ1n) is 0. The first-order valence-corrected chi connectivity index (χ1v) is 0. The van der Waals surface area contributed by atoms with Crippen molar-refractivity contribution >= 4 is 71.7 Å². The number of hydrogen-bond acceptors (Lipinski definition) is 0. The van der Waals surface area contributed by atoms with Gasteiger partial charge in [-0.3, -0.25) is 0 Å². The van der Waals surface area contributed by atoms with Crippen LogP contribution in [0.4, 0.5) is 0 Å². The Kier molecular flexibility index (Phi) is 106. The smallest absolute Gasteiger partial charge is 1.00 e. The fourth-order valence-electron chi connectivity index (χ4n) is 0. The second-order valence-corrected chi connectivity index (χ2v) is 0. The van der Waals surface area contributed by atoms with Crippen molar-refractivity contribution in [1.29, 1.82) is 0 Å². The van der Waals surface area contributed by atoms with Gasteiger partial charge in [0.2, 0.25) is 0 Å². The Labute approximate surface area is 106 Å². The van der Waals surface area contributed by atoms with Crippen LogP contribution in [-0.2, 0) is 34.1 Å². The monoisotopic (exact) mass is 414 g/mol. The van der Waals surface area contributed by atoms with E-state index in [9.17, 15) is 0 Å². The Morgan fingerprint density at radius 3 is 1.00 bits per heavy atom. The van der Waals surface area contributed by atoms with Crippen LogP contribution < -0.4 is 0 Å². The summed E-state index contributed by atoms with van der Waals surface area (Å²) in [6.45, 7) is 0. The summed E-state index contributed by atoms with van der Waals surface area (Å²) in [5, 5.41) is 0. The Morgan fingerprint density at radius 1 is 1.00 bits per heavy atom. The van der Waals surface area contributed by atoms with E-state index in [0.717, 1.165) is 0 Å². The van der Waals surface area contributed by atoms with Gasteiger partial charge in [0.25, 0.3) is 0 Å². The van der Waals surface area contributed by atoms with Crippen LogP contribution in [0.15, 0.2) is 0 Å². The van der Waals surface area contributed by atoms with E-state index in [1.54, 1.807) is 0 Å². The van der Waals surface area contributed by atoms with Gasteiger partial charge >= 0.3 is 71.7 Å². The van der Waals surface area contributed by atoms with Gasteiger partial charge in [-0.25, -0.2) is 0 Å². The van der Waals surface area contributed by atoms with Crippen LogP contribution in [0.3, 0.4) is 0 Å². The molecule has 0 heterocycles. The van der Waals surface area contributed by atoms with Crippen molar-refractivity contribution in [3.8, 4) is 0 Å². The van der Waals surface area contributed by atoms with Gasteiger partial charge in [0, 0.05) is 34.1 Å². The summed E-state index contributed by atoms with van der Waals surface area (Å²) in [5.74, 6) is 0. The molecule has 0 N–H and O–H groups in total. The Balaban J connectivity index is 0. The summed E-state index contributed by atoms with van der Waals surface area (Å²) in [6, 6.07) is 0. The zero-order valence-corrected chi connectivity index (χ0v) is 13.3. The third-order valence-corrected chi connectivity index (χ3v) is 0. The largest absolute Gasteiger partial charge is 2.00 e. The van der Waals surface area contributed by atoms with Crippen molar-refractivity contribution in [1.82, 2.24) is 0 Å². The van der Waals surface area contributed by atoms with E-state index in [1.165, 1.54) is 0 Å². The first-order chi connectivity index (χ1) is 0. The number of hydrogen-bond donors (Lipinski definition) is 0. The molecule has 4 heteroatoms. The Hall–Kier alpha value is 3.40. The van der Waals surface area contributed by atoms with Crippen LogP contribution in [-0.4, -0.2) is 71.7 Å². The average molecular weight is 413 g/mol. The molecule has 28 valence electrons. The number of rotatable bonds is 0. The van der Waals surface area contributed by atoms with E-state index in [2.05, 4.69) is 0 Å². The van der Waals surface area contributed by atoms with Gasteiger partial charge in [0.05, 0.1) is 0 Å². The summed E-state index contributed by atoms with van der Waals surface area (Å²) in [5.41, 5.74) is 0. The normalized spacial score (nSPS) is 0. The fraction of sp³-hybridized carbons (Fsp3) is 0. The van der Waals surface area contributed by atoms with Crippen LogP contribution >= 0.6 is 0 Å². The maximum absolute atomic E-state index is 0. The van der Waals surface area contributed by atoms with Crippen LogP contribution in [0.1, 0.15) is 2.85 Å². The van der Waals surface area contributed by atoms with Gasteiger partial charge in [-0.15, -0.1) is 0 Å². The van der Waals surface area contributed by atoms with Gasteiger partial charge in [0.1, 0.15) is 0 Å². The molecule has 0 aliphatic carbocycles. The van der Waals surface area contributed by atoms with Crippen LogP contribution in [0.2, 0.25) is 0 Å². The van der Waals surface area contributed by atoms with Gasteiger partial charge in [-0.1, -0.05) is 0 Å². The zero-order chi connectivity index (χ0) is 0. The molecule has 0 unspecified atom stereocenters. The summed E-state index contributed by atoms with van der Waals surface area (Å²) in [4.78, 5) is 0. The molecule has 0 rings (SSSR count). The molecule has 0 radical (unpaired) electrons. The first kappa shape index (κ1) is 26.2. The van der Waals surface area contributed by atoms with E-state index in [1.807, 2.05) is 0 Å². The molecule has 0 bridgehead atoms. The molecule has 0 nitrogen and oxygen atoms in total. The fourth-order valence-corrected chi connectivity index (χ4v) is 0. The van der Waals surface area contributed by atoms with Crippen molar-refractivity contribution in [3.63, 3.8) is 0 Å². The van der Waals surface area contributed by atoms with Crippen LogP contribution in [0.5, 0.6) is 0 Å². The molecule has 0 fully saturated rings. The summed E-state index contributed by atoms with van der Waals surface area (Å²) < 4.78 is 0. The average Bonchev–Trinajstić information content (AvgIpc) is 0. The van der Waals surface area contributed by atoms with E-state index >= 15 is 0 Å². The van der Waals surface area contributed by atoms with E-state index in [4.69, 9.17) is 0 Å². The quantitative estimate of drug-likeness (QED) is 0.432. The van der Waals surface area contributed by atoms with Crippen LogP contribution in [0, 0.1) is 0 Å². The second-order valence-electron chi connectivity index (χ2n) is 0. The van der Waals surface area contributed by atoms with Crippen molar-refractivity contribution in [2.75, 3.05) is 0 Å². The maximum Gasteiger partial charge on any atom is 2.00 e. The van der Waals surface area contributed by atoms with Gasteiger partial charge < -0.3 is 2.85 Å². The predicted octanol–water partition coefficient (Wildman–Crippen LogP) is -1.34. The topological polar surface area (TPSA) is 0 Å². The summed E-state index contributed by atoms with van der Waals surface area (Å²) >= 11 is 0.